The van der Waals surface area contributed by atoms with Crippen molar-refractivity contribution in [2.24, 2.45) is 0 Å². The molecule has 0 bridgehead atoms. The molecule has 0 saturated carbocycles. The summed E-state index contributed by atoms with van der Waals surface area (Å²) in [5.74, 6) is 0.115. The molecule has 2 aliphatic heterocycles. The van der Waals surface area contributed by atoms with Crippen molar-refractivity contribution in [3.63, 3.8) is 0 Å². The number of likely N-dealkylation sites (tertiary alicyclic amines) is 1. The van der Waals surface area contributed by atoms with Crippen molar-refractivity contribution >= 4 is 22.2 Å². The lowest BCUT2D eigenvalue weighted by Gasteiger charge is -2.42. The van der Waals surface area contributed by atoms with Crippen molar-refractivity contribution in [1.82, 2.24) is 19.6 Å². The van der Waals surface area contributed by atoms with Gasteiger partial charge in [-0.15, -0.1) is 11.3 Å². The highest BCUT2D eigenvalue weighted by molar-refractivity contribution is 7.15. The number of carbonyl (C=O) groups excluding carboxylic acids is 1. The molecule has 6 nitrogen and oxygen atoms in total. The Bertz CT molecular complexity index is 946. The van der Waals surface area contributed by atoms with E-state index in [4.69, 9.17) is 4.98 Å². The number of hydrogen-bond donors (Lipinski definition) is 2. The summed E-state index contributed by atoms with van der Waals surface area (Å²) in [6.07, 6.45) is 5.99. The van der Waals surface area contributed by atoms with E-state index < -0.39 is 6.10 Å². The zero-order valence-electron chi connectivity index (χ0n) is 15.6. The van der Waals surface area contributed by atoms with Gasteiger partial charge in [0.2, 0.25) is 5.91 Å². The zero-order valence-corrected chi connectivity index (χ0v) is 16.4. The summed E-state index contributed by atoms with van der Waals surface area (Å²) in [5.41, 5.74) is 2.18. The standard InChI is InChI=1S/C21H24N4O2S/c26-16-12-17(22-13-16)19(27)24-8-6-21(7-9-24,15-4-2-1-3-5-15)18-14-25-10-11-28-20(25)23-18/h1-5,10-11,14,16-17,22,26H,6-9,12-13H2/t16-,17+/m1/s1. The van der Waals surface area contributed by atoms with Gasteiger partial charge in [-0.1, -0.05) is 30.3 Å². The van der Waals surface area contributed by atoms with Crippen LogP contribution in [0.15, 0.2) is 48.1 Å². The number of piperidine rings is 1. The molecule has 0 aliphatic carbocycles. The number of benzene rings is 1. The Kier molecular flexibility index (Phi) is 4.45. The third kappa shape index (κ3) is 2.94. The number of aliphatic hydroxyl groups excluding tert-OH is 1. The van der Waals surface area contributed by atoms with Crippen molar-refractivity contribution in [2.75, 3.05) is 19.6 Å². The first-order valence-corrected chi connectivity index (χ1v) is 10.7. The van der Waals surface area contributed by atoms with Crippen LogP contribution in [0.2, 0.25) is 0 Å². The Labute approximate surface area is 167 Å². The maximum atomic E-state index is 12.9. The summed E-state index contributed by atoms with van der Waals surface area (Å²) in [5, 5.41) is 14.9. The van der Waals surface area contributed by atoms with Gasteiger partial charge >= 0.3 is 0 Å². The van der Waals surface area contributed by atoms with Crippen molar-refractivity contribution in [3.8, 4) is 0 Å². The lowest BCUT2D eigenvalue weighted by Crippen LogP contribution is -2.50. The Morgan fingerprint density at radius 1 is 1.25 bits per heavy atom. The predicted octanol–water partition coefficient (Wildman–Crippen LogP) is 2.03. The van der Waals surface area contributed by atoms with Crippen LogP contribution in [0, 0.1) is 0 Å². The van der Waals surface area contributed by atoms with E-state index in [9.17, 15) is 9.90 Å². The van der Waals surface area contributed by atoms with Crippen LogP contribution in [0.4, 0.5) is 0 Å². The number of aromatic nitrogens is 2. The van der Waals surface area contributed by atoms with Crippen LogP contribution in [0.5, 0.6) is 0 Å². The monoisotopic (exact) mass is 396 g/mol. The van der Waals surface area contributed by atoms with E-state index in [1.165, 1.54) is 5.56 Å². The molecule has 1 amide bonds. The van der Waals surface area contributed by atoms with E-state index in [0.717, 1.165) is 23.5 Å². The molecule has 2 fully saturated rings. The Hall–Kier alpha value is -2.22. The molecule has 4 heterocycles. The van der Waals surface area contributed by atoms with E-state index in [2.05, 4.69) is 40.2 Å². The van der Waals surface area contributed by atoms with Gasteiger partial charge in [0.1, 0.15) is 0 Å². The molecule has 0 spiro atoms. The van der Waals surface area contributed by atoms with Gasteiger partial charge in [-0.3, -0.25) is 9.20 Å². The van der Waals surface area contributed by atoms with E-state index in [1.54, 1.807) is 11.3 Å². The number of thiazole rings is 1. The summed E-state index contributed by atoms with van der Waals surface area (Å²) >= 11 is 1.64. The van der Waals surface area contributed by atoms with Gasteiger partial charge in [0.15, 0.2) is 4.96 Å². The van der Waals surface area contributed by atoms with E-state index in [0.29, 0.717) is 26.1 Å². The minimum atomic E-state index is -0.416. The second-order valence-electron chi connectivity index (χ2n) is 7.84. The Balaban J connectivity index is 1.43. The van der Waals surface area contributed by atoms with E-state index >= 15 is 0 Å². The minimum Gasteiger partial charge on any atom is -0.392 e. The van der Waals surface area contributed by atoms with Crippen LogP contribution < -0.4 is 5.32 Å². The van der Waals surface area contributed by atoms with Gasteiger partial charge in [-0.05, 0) is 24.8 Å². The zero-order chi connectivity index (χ0) is 19.1. The highest BCUT2D eigenvalue weighted by atomic mass is 32.1. The number of fused-ring (bicyclic) bond motifs is 1. The predicted molar refractivity (Wildman–Crippen MR) is 109 cm³/mol. The number of rotatable bonds is 3. The maximum absolute atomic E-state index is 12.9. The summed E-state index contributed by atoms with van der Waals surface area (Å²) < 4.78 is 2.09. The van der Waals surface area contributed by atoms with Crippen molar-refractivity contribution in [3.05, 3.63) is 59.4 Å². The van der Waals surface area contributed by atoms with Gasteiger partial charge in [0.05, 0.1) is 17.8 Å². The highest BCUT2D eigenvalue weighted by Gasteiger charge is 2.42. The summed E-state index contributed by atoms with van der Waals surface area (Å²) in [6.45, 7) is 1.91. The SMILES string of the molecule is O=C([C@@H]1C[C@@H](O)CN1)N1CCC(c2ccccc2)(c2cn3ccsc3n2)CC1. The smallest absolute Gasteiger partial charge is 0.239 e. The molecular weight excluding hydrogens is 372 g/mol. The third-order valence-corrected chi connectivity index (χ3v) is 7.02. The molecule has 2 atom stereocenters. The maximum Gasteiger partial charge on any atom is 0.239 e. The number of β-amino-alcohol motifs (C(OH)–C–C–N with tert-alkyl or cyclic N) is 1. The second-order valence-corrected chi connectivity index (χ2v) is 8.72. The summed E-state index contributed by atoms with van der Waals surface area (Å²) in [7, 11) is 0. The van der Waals surface area contributed by atoms with E-state index in [1.807, 2.05) is 22.5 Å². The van der Waals surface area contributed by atoms with Crippen LogP contribution in [0.25, 0.3) is 4.96 Å². The fraction of sp³-hybridized carbons (Fsp3) is 0.429. The average Bonchev–Trinajstić information content (AvgIpc) is 3.44. The molecule has 2 N–H and O–H groups in total. The van der Waals surface area contributed by atoms with Crippen LogP contribution >= 0.6 is 11.3 Å². The molecule has 7 heteroatoms. The largest absolute Gasteiger partial charge is 0.392 e. The molecule has 1 aromatic carbocycles. The average molecular weight is 397 g/mol. The number of carbonyl (C=O) groups is 1. The highest BCUT2D eigenvalue weighted by Crippen LogP contribution is 2.41. The molecular formula is C21H24N4O2S. The molecule has 2 aromatic heterocycles. The summed E-state index contributed by atoms with van der Waals surface area (Å²) in [4.78, 5) is 20.8. The first-order valence-electron chi connectivity index (χ1n) is 9.84. The number of hydrogen-bond acceptors (Lipinski definition) is 5. The van der Waals surface area contributed by atoms with Crippen LogP contribution in [0.3, 0.4) is 0 Å². The van der Waals surface area contributed by atoms with Gasteiger partial charge in [0.25, 0.3) is 0 Å². The third-order valence-electron chi connectivity index (χ3n) is 6.24. The van der Waals surface area contributed by atoms with Crippen LogP contribution in [0.1, 0.15) is 30.5 Å². The van der Waals surface area contributed by atoms with Crippen LogP contribution in [-0.4, -0.2) is 57.1 Å². The number of aliphatic hydroxyl groups is 1. The van der Waals surface area contributed by atoms with Gasteiger partial charge in [-0.25, -0.2) is 4.98 Å². The Morgan fingerprint density at radius 3 is 2.71 bits per heavy atom. The van der Waals surface area contributed by atoms with Crippen molar-refractivity contribution in [1.29, 1.82) is 0 Å². The van der Waals surface area contributed by atoms with Gasteiger partial charge in [-0.2, -0.15) is 0 Å². The fourth-order valence-corrected chi connectivity index (χ4v) is 5.34. The molecule has 0 unspecified atom stereocenters. The van der Waals surface area contributed by atoms with Gasteiger partial charge < -0.3 is 15.3 Å². The molecule has 0 radical (unpaired) electrons. The summed E-state index contributed by atoms with van der Waals surface area (Å²) in [6, 6.07) is 10.3. The quantitative estimate of drug-likeness (QED) is 0.711. The fourth-order valence-electron chi connectivity index (χ4n) is 4.64. The lowest BCUT2D eigenvalue weighted by molar-refractivity contribution is -0.134. The first kappa shape index (κ1) is 17.8. The molecule has 146 valence electrons. The van der Waals surface area contributed by atoms with Crippen molar-refractivity contribution < 1.29 is 9.90 Å². The minimum absolute atomic E-state index is 0.115. The normalized spacial score (nSPS) is 24.7. The number of amides is 1. The first-order chi connectivity index (χ1) is 13.7. The number of nitrogens with zero attached hydrogens (tertiary/aromatic N) is 3. The van der Waals surface area contributed by atoms with Gasteiger partial charge in [0, 0.05) is 42.8 Å². The Morgan fingerprint density at radius 2 is 2.04 bits per heavy atom. The van der Waals surface area contributed by atoms with E-state index in [-0.39, 0.29) is 17.4 Å². The molecule has 3 aromatic rings. The molecule has 28 heavy (non-hydrogen) atoms. The molecule has 2 saturated heterocycles. The topological polar surface area (TPSA) is 69.9 Å². The van der Waals surface area contributed by atoms with Crippen LogP contribution in [-0.2, 0) is 10.2 Å². The van der Waals surface area contributed by atoms with Crippen molar-refractivity contribution in [2.45, 2.75) is 36.8 Å². The lowest BCUT2D eigenvalue weighted by atomic mass is 9.70. The number of nitrogens with one attached hydrogen (secondary N) is 1. The number of imidazole rings is 1. The molecule has 5 rings (SSSR count). The molecule has 2 aliphatic rings. The second kappa shape index (κ2) is 6.99.